The monoisotopic (exact) mass is 430 g/mol. The first-order chi connectivity index (χ1) is 15.5. The summed E-state index contributed by atoms with van der Waals surface area (Å²) in [5, 5.41) is 2.98. The topological polar surface area (TPSA) is 106 Å². The molecule has 1 amide bonds. The number of nitrogens with one attached hydrogen (secondary N) is 2. The van der Waals surface area contributed by atoms with E-state index in [2.05, 4.69) is 15.3 Å². The molecule has 4 aromatic rings. The van der Waals surface area contributed by atoms with Gasteiger partial charge < -0.3 is 10.1 Å². The average molecular weight is 430 g/mol. The van der Waals surface area contributed by atoms with E-state index in [1.165, 1.54) is 10.6 Å². The molecule has 8 nitrogen and oxygen atoms in total. The van der Waals surface area contributed by atoms with Crippen molar-refractivity contribution in [1.82, 2.24) is 14.5 Å². The summed E-state index contributed by atoms with van der Waals surface area (Å²) in [7, 11) is 0. The van der Waals surface area contributed by atoms with Crippen LogP contribution in [0.3, 0.4) is 0 Å². The van der Waals surface area contributed by atoms with Gasteiger partial charge in [0.05, 0.1) is 35.5 Å². The molecule has 0 saturated heterocycles. The second kappa shape index (κ2) is 8.89. The van der Waals surface area contributed by atoms with Crippen molar-refractivity contribution < 1.29 is 9.53 Å². The minimum Gasteiger partial charge on any atom is -0.492 e. The maximum absolute atomic E-state index is 13.0. The van der Waals surface area contributed by atoms with Gasteiger partial charge in [0, 0.05) is 0 Å². The first kappa shape index (κ1) is 21.0. The highest BCUT2D eigenvalue weighted by atomic mass is 16.5. The Labute approximate surface area is 183 Å². The Morgan fingerprint density at radius 3 is 2.56 bits per heavy atom. The molecule has 0 spiro atoms. The van der Waals surface area contributed by atoms with Gasteiger partial charge in [-0.1, -0.05) is 42.5 Å². The number of hydrogen-bond donors (Lipinski definition) is 2. The SMILES string of the molecule is CCOc1ccccc1NC(=O)c1cc2c(=O)[nH]c(=O)n(Cc3ccccc3)c2nc1C. The number of carbonyl (C=O) groups excluding carboxylic acids is 1. The number of aromatic amines is 1. The van der Waals surface area contributed by atoms with Crippen molar-refractivity contribution in [3.8, 4) is 5.75 Å². The zero-order valence-electron chi connectivity index (χ0n) is 17.7. The normalized spacial score (nSPS) is 10.8. The van der Waals surface area contributed by atoms with Crippen LogP contribution in [0.25, 0.3) is 11.0 Å². The third kappa shape index (κ3) is 4.15. The lowest BCUT2D eigenvalue weighted by atomic mass is 10.1. The van der Waals surface area contributed by atoms with Crippen molar-refractivity contribution in [3.05, 3.63) is 98.3 Å². The van der Waals surface area contributed by atoms with E-state index in [1.807, 2.05) is 43.3 Å². The lowest BCUT2D eigenvalue weighted by Gasteiger charge is -2.14. The van der Waals surface area contributed by atoms with Crippen LogP contribution < -0.4 is 21.3 Å². The Kier molecular flexibility index (Phi) is 5.85. The van der Waals surface area contributed by atoms with E-state index in [0.29, 0.717) is 23.7 Å². The van der Waals surface area contributed by atoms with Crippen LogP contribution >= 0.6 is 0 Å². The molecule has 0 radical (unpaired) electrons. The van der Waals surface area contributed by atoms with Gasteiger partial charge in [-0.3, -0.25) is 19.1 Å². The molecular formula is C24H22N4O4. The second-order valence-corrected chi connectivity index (χ2v) is 7.21. The summed E-state index contributed by atoms with van der Waals surface area (Å²) in [6.45, 7) is 4.23. The van der Waals surface area contributed by atoms with Gasteiger partial charge in [-0.05, 0) is 37.6 Å². The highest BCUT2D eigenvalue weighted by molar-refractivity contribution is 6.07. The Hall–Kier alpha value is -4.20. The smallest absolute Gasteiger partial charge is 0.330 e. The zero-order valence-corrected chi connectivity index (χ0v) is 17.7. The van der Waals surface area contributed by atoms with Gasteiger partial charge in [0.2, 0.25) is 0 Å². The van der Waals surface area contributed by atoms with Gasteiger partial charge in [0.1, 0.15) is 11.4 Å². The highest BCUT2D eigenvalue weighted by Gasteiger charge is 2.18. The summed E-state index contributed by atoms with van der Waals surface area (Å²) in [5.74, 6) is 0.119. The number of aromatic nitrogens is 3. The molecule has 0 aliphatic heterocycles. The van der Waals surface area contributed by atoms with E-state index < -0.39 is 17.2 Å². The maximum atomic E-state index is 13.0. The van der Waals surface area contributed by atoms with E-state index in [1.54, 1.807) is 25.1 Å². The van der Waals surface area contributed by atoms with Crippen LogP contribution in [0.1, 0.15) is 28.5 Å². The molecule has 0 aliphatic rings. The predicted molar refractivity (Wildman–Crippen MR) is 122 cm³/mol. The number of rotatable bonds is 6. The van der Waals surface area contributed by atoms with Crippen molar-refractivity contribution in [1.29, 1.82) is 0 Å². The van der Waals surface area contributed by atoms with Crippen LogP contribution in [0.2, 0.25) is 0 Å². The van der Waals surface area contributed by atoms with Crippen LogP contribution in [0.4, 0.5) is 5.69 Å². The van der Waals surface area contributed by atoms with E-state index in [0.717, 1.165) is 5.56 Å². The minimum atomic E-state index is -0.592. The molecule has 2 aromatic carbocycles. The Bertz CT molecular complexity index is 1410. The molecule has 2 N–H and O–H groups in total. The Morgan fingerprint density at radius 2 is 1.81 bits per heavy atom. The summed E-state index contributed by atoms with van der Waals surface area (Å²) in [5.41, 5.74) is 1.12. The summed E-state index contributed by atoms with van der Waals surface area (Å²) < 4.78 is 6.95. The second-order valence-electron chi connectivity index (χ2n) is 7.21. The lowest BCUT2D eigenvalue weighted by Crippen LogP contribution is -2.32. The van der Waals surface area contributed by atoms with Crippen LogP contribution in [0.15, 0.2) is 70.3 Å². The molecule has 0 bridgehead atoms. The largest absolute Gasteiger partial charge is 0.492 e. The summed E-state index contributed by atoms with van der Waals surface area (Å²) in [6, 6.07) is 18.0. The average Bonchev–Trinajstić information content (AvgIpc) is 2.78. The van der Waals surface area contributed by atoms with Crippen molar-refractivity contribution in [2.75, 3.05) is 11.9 Å². The number of hydrogen-bond acceptors (Lipinski definition) is 5. The number of aryl methyl sites for hydroxylation is 1. The molecule has 0 atom stereocenters. The zero-order chi connectivity index (χ0) is 22.7. The van der Waals surface area contributed by atoms with Gasteiger partial charge >= 0.3 is 5.69 Å². The van der Waals surface area contributed by atoms with Crippen molar-refractivity contribution in [2.24, 2.45) is 0 Å². The fourth-order valence-corrected chi connectivity index (χ4v) is 3.48. The minimum absolute atomic E-state index is 0.161. The van der Waals surface area contributed by atoms with E-state index in [4.69, 9.17) is 4.74 Å². The number of amides is 1. The lowest BCUT2D eigenvalue weighted by molar-refractivity contribution is 0.102. The third-order valence-electron chi connectivity index (χ3n) is 5.02. The molecule has 0 fully saturated rings. The third-order valence-corrected chi connectivity index (χ3v) is 5.02. The summed E-state index contributed by atoms with van der Waals surface area (Å²) >= 11 is 0. The number of benzene rings is 2. The molecule has 2 aromatic heterocycles. The quantitative estimate of drug-likeness (QED) is 0.489. The first-order valence-electron chi connectivity index (χ1n) is 10.2. The van der Waals surface area contributed by atoms with Crippen LogP contribution in [-0.4, -0.2) is 27.0 Å². The number of para-hydroxylation sites is 2. The molecular weight excluding hydrogens is 408 g/mol. The van der Waals surface area contributed by atoms with Crippen LogP contribution in [-0.2, 0) is 6.54 Å². The molecule has 32 heavy (non-hydrogen) atoms. The molecule has 0 aliphatic carbocycles. The molecule has 0 unspecified atom stereocenters. The standard InChI is InChI=1S/C24H22N4O4/c1-3-32-20-12-8-7-11-19(20)26-22(29)17-13-18-21(25-15(17)2)28(24(31)27-23(18)30)14-16-9-5-4-6-10-16/h4-13H,3,14H2,1-2H3,(H,26,29)(H,27,30,31). The summed E-state index contributed by atoms with van der Waals surface area (Å²) in [6.07, 6.45) is 0. The van der Waals surface area contributed by atoms with E-state index in [9.17, 15) is 14.4 Å². The summed E-state index contributed by atoms with van der Waals surface area (Å²) in [4.78, 5) is 44.8. The Morgan fingerprint density at radius 1 is 1.09 bits per heavy atom. The number of H-pyrrole nitrogens is 1. The van der Waals surface area contributed by atoms with Gasteiger partial charge in [-0.2, -0.15) is 0 Å². The highest BCUT2D eigenvalue weighted by Crippen LogP contribution is 2.25. The molecule has 162 valence electrons. The van der Waals surface area contributed by atoms with E-state index in [-0.39, 0.29) is 23.1 Å². The van der Waals surface area contributed by atoms with Gasteiger partial charge in [0.25, 0.3) is 11.5 Å². The number of nitrogens with zero attached hydrogens (tertiary/aromatic N) is 2. The van der Waals surface area contributed by atoms with Crippen LogP contribution in [0.5, 0.6) is 5.75 Å². The fourth-order valence-electron chi connectivity index (χ4n) is 3.48. The van der Waals surface area contributed by atoms with Crippen LogP contribution in [0, 0.1) is 6.92 Å². The predicted octanol–water partition coefficient (Wildman–Crippen LogP) is 3.09. The number of ether oxygens (including phenoxy) is 1. The first-order valence-corrected chi connectivity index (χ1v) is 10.2. The Balaban J connectivity index is 1.76. The van der Waals surface area contributed by atoms with E-state index >= 15 is 0 Å². The van der Waals surface area contributed by atoms with Gasteiger partial charge in [0.15, 0.2) is 0 Å². The number of carbonyl (C=O) groups is 1. The number of pyridine rings is 1. The van der Waals surface area contributed by atoms with Crippen molar-refractivity contribution >= 4 is 22.6 Å². The van der Waals surface area contributed by atoms with Gasteiger partial charge in [-0.15, -0.1) is 0 Å². The van der Waals surface area contributed by atoms with Gasteiger partial charge in [-0.25, -0.2) is 9.78 Å². The van der Waals surface area contributed by atoms with Crippen molar-refractivity contribution in [2.45, 2.75) is 20.4 Å². The fraction of sp³-hybridized carbons (Fsp3) is 0.167. The maximum Gasteiger partial charge on any atom is 0.330 e. The molecule has 4 rings (SSSR count). The number of anilines is 1. The molecule has 2 heterocycles. The van der Waals surface area contributed by atoms with Crippen molar-refractivity contribution in [3.63, 3.8) is 0 Å². The number of fused-ring (bicyclic) bond motifs is 1. The molecule has 0 saturated carbocycles. The molecule has 8 heteroatoms.